The molecule has 0 aliphatic heterocycles. The lowest BCUT2D eigenvalue weighted by Crippen LogP contribution is -2.18. The first-order valence-electron chi connectivity index (χ1n) is 5.16. The van der Waals surface area contributed by atoms with Crippen LogP contribution in [0.4, 0.5) is 0 Å². The third-order valence-electron chi connectivity index (χ3n) is 2.80. The zero-order valence-corrected chi connectivity index (χ0v) is 8.51. The Kier molecular flexibility index (Phi) is 3.64. The molecular weight excluding hydrogens is 164 g/mol. The molecule has 0 amide bonds. The van der Waals surface area contributed by atoms with Crippen molar-refractivity contribution in [2.75, 3.05) is 0 Å². The number of ketones is 2. The van der Waals surface area contributed by atoms with Crippen molar-refractivity contribution in [3.63, 3.8) is 0 Å². The Balaban J connectivity index is 2.36. The molecule has 1 aliphatic rings. The maximum Gasteiger partial charge on any atom is 0.143 e. The van der Waals surface area contributed by atoms with E-state index in [1.165, 1.54) is 0 Å². The molecule has 0 atom stereocenters. The van der Waals surface area contributed by atoms with Gasteiger partial charge in [0.15, 0.2) is 0 Å². The Morgan fingerprint density at radius 3 is 2.23 bits per heavy atom. The predicted molar refractivity (Wildman–Crippen MR) is 51.4 cm³/mol. The highest BCUT2D eigenvalue weighted by Crippen LogP contribution is 2.26. The van der Waals surface area contributed by atoms with Crippen LogP contribution in [0.15, 0.2) is 0 Å². The highest BCUT2D eigenvalue weighted by atomic mass is 16.1. The monoisotopic (exact) mass is 182 g/mol. The van der Waals surface area contributed by atoms with Gasteiger partial charge in [0.1, 0.15) is 11.6 Å². The largest absolute Gasteiger partial charge is 0.299 e. The van der Waals surface area contributed by atoms with Crippen molar-refractivity contribution in [3.8, 4) is 0 Å². The van der Waals surface area contributed by atoms with Crippen LogP contribution in [-0.4, -0.2) is 11.6 Å². The Hall–Kier alpha value is -0.660. The van der Waals surface area contributed by atoms with Gasteiger partial charge in [-0.1, -0.05) is 26.7 Å². The molecule has 0 radical (unpaired) electrons. The van der Waals surface area contributed by atoms with Gasteiger partial charge in [-0.05, 0) is 12.8 Å². The highest BCUT2D eigenvalue weighted by molar-refractivity contribution is 6.00. The Bertz CT molecular complexity index is 200. The molecule has 2 heteroatoms. The van der Waals surface area contributed by atoms with Gasteiger partial charge in [0.2, 0.25) is 0 Å². The Morgan fingerprint density at radius 1 is 1.23 bits per heavy atom. The third-order valence-corrected chi connectivity index (χ3v) is 2.80. The number of rotatable bonds is 4. The van der Waals surface area contributed by atoms with Crippen molar-refractivity contribution < 1.29 is 9.59 Å². The zero-order valence-electron chi connectivity index (χ0n) is 8.51. The minimum absolute atomic E-state index is 0.00496. The summed E-state index contributed by atoms with van der Waals surface area (Å²) in [6.07, 6.45) is 4.50. The summed E-state index contributed by atoms with van der Waals surface area (Å²) in [6.45, 7) is 3.70. The van der Waals surface area contributed by atoms with Crippen LogP contribution in [0, 0.1) is 11.8 Å². The van der Waals surface area contributed by atoms with E-state index in [-0.39, 0.29) is 29.8 Å². The highest BCUT2D eigenvalue weighted by Gasteiger charge is 2.24. The quantitative estimate of drug-likeness (QED) is 0.625. The van der Waals surface area contributed by atoms with Crippen molar-refractivity contribution in [1.82, 2.24) is 0 Å². The summed E-state index contributed by atoms with van der Waals surface area (Å²) in [7, 11) is 0. The number of carbonyl (C=O) groups excluding carboxylic acids is 2. The Labute approximate surface area is 79.7 Å². The Morgan fingerprint density at radius 2 is 1.77 bits per heavy atom. The fourth-order valence-corrected chi connectivity index (χ4v) is 1.77. The van der Waals surface area contributed by atoms with Crippen LogP contribution < -0.4 is 0 Å². The van der Waals surface area contributed by atoms with E-state index in [4.69, 9.17) is 0 Å². The fraction of sp³-hybridized carbons (Fsp3) is 0.818. The third kappa shape index (κ3) is 2.94. The summed E-state index contributed by atoms with van der Waals surface area (Å²) in [5.74, 6) is 0.473. The number of Topliss-reactive ketones (excluding diaryl/α,β-unsaturated/α-hetero) is 2. The van der Waals surface area contributed by atoms with Gasteiger partial charge in [-0.3, -0.25) is 9.59 Å². The van der Waals surface area contributed by atoms with E-state index in [0.29, 0.717) is 0 Å². The standard InChI is InChI=1S/C11H18O2/c1-8(2)10(12)7-11(13)9-5-3-4-6-9/h8-9H,3-7H2,1-2H3. The summed E-state index contributed by atoms with van der Waals surface area (Å²) >= 11 is 0. The molecule has 1 aliphatic carbocycles. The lowest BCUT2D eigenvalue weighted by atomic mass is 9.95. The summed E-state index contributed by atoms with van der Waals surface area (Å²) in [4.78, 5) is 22.8. The van der Waals surface area contributed by atoms with Gasteiger partial charge in [-0.2, -0.15) is 0 Å². The maximum atomic E-state index is 11.5. The zero-order chi connectivity index (χ0) is 9.84. The molecule has 0 heterocycles. The molecule has 1 saturated carbocycles. The summed E-state index contributed by atoms with van der Waals surface area (Å²) in [5, 5.41) is 0. The van der Waals surface area contributed by atoms with Crippen LogP contribution in [0.1, 0.15) is 46.0 Å². The van der Waals surface area contributed by atoms with Crippen LogP contribution in [0.2, 0.25) is 0 Å². The molecule has 1 fully saturated rings. The topological polar surface area (TPSA) is 34.1 Å². The SMILES string of the molecule is CC(C)C(=O)CC(=O)C1CCCC1. The summed E-state index contributed by atoms with van der Waals surface area (Å²) < 4.78 is 0. The van der Waals surface area contributed by atoms with Crippen molar-refractivity contribution in [2.45, 2.75) is 46.0 Å². The minimum atomic E-state index is 0.00496. The van der Waals surface area contributed by atoms with E-state index >= 15 is 0 Å². The minimum Gasteiger partial charge on any atom is -0.299 e. The first-order valence-corrected chi connectivity index (χ1v) is 5.16. The van der Waals surface area contributed by atoms with Gasteiger partial charge >= 0.3 is 0 Å². The van der Waals surface area contributed by atoms with E-state index in [2.05, 4.69) is 0 Å². The van der Waals surface area contributed by atoms with E-state index in [1.807, 2.05) is 13.8 Å². The van der Waals surface area contributed by atoms with Crippen LogP contribution in [-0.2, 0) is 9.59 Å². The second-order valence-electron chi connectivity index (χ2n) is 4.25. The van der Waals surface area contributed by atoms with Gasteiger partial charge in [-0.15, -0.1) is 0 Å². The molecule has 0 unspecified atom stereocenters. The second-order valence-corrected chi connectivity index (χ2v) is 4.25. The molecule has 74 valence electrons. The molecule has 0 spiro atoms. The van der Waals surface area contributed by atoms with E-state index in [1.54, 1.807) is 0 Å². The predicted octanol–water partition coefficient (Wildman–Crippen LogP) is 2.36. The number of hydrogen-bond acceptors (Lipinski definition) is 2. The normalized spacial score (nSPS) is 18.1. The van der Waals surface area contributed by atoms with Crippen LogP contribution >= 0.6 is 0 Å². The van der Waals surface area contributed by atoms with E-state index < -0.39 is 0 Å². The lowest BCUT2D eigenvalue weighted by molar-refractivity contribution is -0.130. The average Bonchev–Trinajstić information content (AvgIpc) is 2.55. The van der Waals surface area contributed by atoms with Gasteiger partial charge in [0, 0.05) is 11.8 Å². The number of carbonyl (C=O) groups is 2. The van der Waals surface area contributed by atoms with Crippen molar-refractivity contribution in [1.29, 1.82) is 0 Å². The molecular formula is C11H18O2. The van der Waals surface area contributed by atoms with E-state index in [0.717, 1.165) is 25.7 Å². The molecule has 0 aromatic carbocycles. The molecule has 13 heavy (non-hydrogen) atoms. The molecule has 1 rings (SSSR count). The summed E-state index contributed by atoms with van der Waals surface area (Å²) in [5.41, 5.74) is 0. The molecule has 0 bridgehead atoms. The van der Waals surface area contributed by atoms with Gasteiger partial charge < -0.3 is 0 Å². The van der Waals surface area contributed by atoms with Gasteiger partial charge in [-0.25, -0.2) is 0 Å². The van der Waals surface area contributed by atoms with Crippen LogP contribution in [0.3, 0.4) is 0 Å². The molecule has 0 N–H and O–H groups in total. The van der Waals surface area contributed by atoms with Crippen LogP contribution in [0.5, 0.6) is 0 Å². The number of hydrogen-bond donors (Lipinski definition) is 0. The first kappa shape index (κ1) is 10.4. The summed E-state index contributed by atoms with van der Waals surface area (Å²) in [6, 6.07) is 0. The molecule has 2 nitrogen and oxygen atoms in total. The van der Waals surface area contributed by atoms with Gasteiger partial charge in [0.25, 0.3) is 0 Å². The smallest absolute Gasteiger partial charge is 0.143 e. The van der Waals surface area contributed by atoms with Crippen molar-refractivity contribution >= 4 is 11.6 Å². The van der Waals surface area contributed by atoms with Gasteiger partial charge in [0.05, 0.1) is 6.42 Å². The van der Waals surface area contributed by atoms with Crippen LogP contribution in [0.25, 0.3) is 0 Å². The maximum absolute atomic E-state index is 11.5. The lowest BCUT2D eigenvalue weighted by Gasteiger charge is -2.08. The van der Waals surface area contributed by atoms with Crippen molar-refractivity contribution in [2.24, 2.45) is 11.8 Å². The average molecular weight is 182 g/mol. The molecule has 0 aromatic rings. The molecule has 0 aromatic heterocycles. The molecule has 0 saturated heterocycles. The fourth-order valence-electron chi connectivity index (χ4n) is 1.77. The first-order chi connectivity index (χ1) is 6.11. The van der Waals surface area contributed by atoms with Crippen molar-refractivity contribution in [3.05, 3.63) is 0 Å². The second kappa shape index (κ2) is 4.54. The van der Waals surface area contributed by atoms with E-state index in [9.17, 15) is 9.59 Å².